The third kappa shape index (κ3) is 7.46. The third-order valence-corrected chi connectivity index (χ3v) is 6.80. The van der Waals surface area contributed by atoms with E-state index < -0.39 is 0 Å². The van der Waals surface area contributed by atoms with Crippen LogP contribution < -0.4 is 5.32 Å². The van der Waals surface area contributed by atoms with Crippen LogP contribution in [0.2, 0.25) is 5.02 Å². The Morgan fingerprint density at radius 3 is 2.14 bits per heavy atom. The van der Waals surface area contributed by atoms with Crippen LogP contribution in [-0.2, 0) is 17.3 Å². The van der Waals surface area contributed by atoms with Gasteiger partial charge in [-0.2, -0.15) is 23.5 Å². The largest absolute Gasteiger partial charge is 0.351 e. The van der Waals surface area contributed by atoms with Crippen LogP contribution in [0.25, 0.3) is 0 Å². The molecule has 0 saturated carbocycles. The Morgan fingerprint density at radius 2 is 1.41 bits per heavy atom. The first-order valence-corrected chi connectivity index (χ1v) is 12.2. The Morgan fingerprint density at radius 1 is 0.759 bits per heavy atom. The van der Waals surface area contributed by atoms with Crippen molar-refractivity contribution in [1.82, 2.24) is 5.32 Å². The average Bonchev–Trinajstić information content (AvgIpc) is 2.76. The molecule has 0 aliphatic rings. The molecule has 0 heterocycles. The summed E-state index contributed by atoms with van der Waals surface area (Å²) in [6.07, 6.45) is 0. The molecule has 0 radical (unpaired) electrons. The quantitative estimate of drug-likeness (QED) is 0.367. The molecule has 0 aliphatic carbocycles. The van der Waals surface area contributed by atoms with Gasteiger partial charge in [-0.05, 0) is 34.9 Å². The Labute approximate surface area is 186 Å². The van der Waals surface area contributed by atoms with Crippen molar-refractivity contribution in [3.8, 4) is 0 Å². The highest BCUT2D eigenvalue weighted by atomic mass is 35.5. The summed E-state index contributed by atoms with van der Waals surface area (Å²) in [5, 5.41) is 3.78. The van der Waals surface area contributed by atoms with Crippen molar-refractivity contribution in [2.45, 2.75) is 17.3 Å². The lowest BCUT2D eigenvalue weighted by Crippen LogP contribution is -2.25. The van der Waals surface area contributed by atoms with Crippen molar-refractivity contribution in [2.75, 3.05) is 12.3 Å². The Bertz CT molecular complexity index is 900. The zero-order valence-electron chi connectivity index (χ0n) is 16.1. The number of benzene rings is 3. The summed E-state index contributed by atoms with van der Waals surface area (Å²) in [5.41, 5.74) is 4.41. The zero-order valence-corrected chi connectivity index (χ0v) is 18.5. The van der Waals surface area contributed by atoms with Crippen molar-refractivity contribution in [1.29, 1.82) is 0 Å². The second-order valence-corrected chi connectivity index (χ2v) is 9.07. The van der Waals surface area contributed by atoms with Crippen molar-refractivity contribution < 1.29 is 4.79 Å². The molecule has 1 N–H and O–H groups in total. The number of thioether (sulfide) groups is 2. The van der Waals surface area contributed by atoms with Crippen molar-refractivity contribution in [3.63, 3.8) is 0 Å². The number of amides is 1. The van der Waals surface area contributed by atoms with Gasteiger partial charge in [0.05, 0.1) is 0 Å². The Hall–Kier alpha value is -1.88. The molecule has 0 fully saturated rings. The van der Waals surface area contributed by atoms with E-state index >= 15 is 0 Å². The highest BCUT2D eigenvalue weighted by Gasteiger charge is 2.05. The van der Waals surface area contributed by atoms with Gasteiger partial charge in [0.15, 0.2) is 0 Å². The van der Waals surface area contributed by atoms with E-state index in [1.165, 1.54) is 11.1 Å². The van der Waals surface area contributed by atoms with Crippen LogP contribution in [0.1, 0.15) is 27.0 Å². The lowest BCUT2D eigenvalue weighted by atomic mass is 10.1. The first kappa shape index (κ1) is 21.8. The van der Waals surface area contributed by atoms with E-state index in [1.807, 2.05) is 66.4 Å². The molecule has 2 nitrogen and oxygen atoms in total. The number of hydrogen-bond donors (Lipinski definition) is 1. The average molecular weight is 442 g/mol. The molecule has 29 heavy (non-hydrogen) atoms. The van der Waals surface area contributed by atoms with E-state index in [2.05, 4.69) is 29.6 Å². The van der Waals surface area contributed by atoms with Gasteiger partial charge in [-0.3, -0.25) is 4.79 Å². The zero-order chi connectivity index (χ0) is 20.3. The molecular formula is C24H24ClNOS2. The molecule has 5 heteroatoms. The Balaban J connectivity index is 1.34. The molecule has 3 aromatic carbocycles. The van der Waals surface area contributed by atoms with Crippen LogP contribution in [0.15, 0.2) is 78.9 Å². The van der Waals surface area contributed by atoms with Crippen LogP contribution >= 0.6 is 35.1 Å². The van der Waals surface area contributed by atoms with Gasteiger partial charge in [-0.1, -0.05) is 72.3 Å². The fraction of sp³-hybridized carbons (Fsp3) is 0.208. The molecule has 3 aromatic rings. The maximum atomic E-state index is 12.3. The summed E-state index contributed by atoms with van der Waals surface area (Å²) in [4.78, 5) is 12.3. The topological polar surface area (TPSA) is 29.1 Å². The van der Waals surface area contributed by atoms with Crippen LogP contribution in [0, 0.1) is 0 Å². The van der Waals surface area contributed by atoms with Crippen LogP contribution in [-0.4, -0.2) is 18.2 Å². The number of halogens is 1. The van der Waals surface area contributed by atoms with Gasteiger partial charge in [0.2, 0.25) is 0 Å². The van der Waals surface area contributed by atoms with Crippen LogP contribution in [0.4, 0.5) is 0 Å². The van der Waals surface area contributed by atoms with Crippen LogP contribution in [0.5, 0.6) is 0 Å². The molecule has 0 saturated heterocycles. The summed E-state index contributed by atoms with van der Waals surface area (Å²) >= 11 is 9.80. The Kier molecular flexibility index (Phi) is 9.00. The highest BCUT2D eigenvalue weighted by Crippen LogP contribution is 2.20. The second-order valence-electron chi connectivity index (χ2n) is 6.58. The maximum absolute atomic E-state index is 12.3. The lowest BCUT2D eigenvalue weighted by Gasteiger charge is -2.07. The van der Waals surface area contributed by atoms with Gasteiger partial charge in [0, 0.05) is 40.1 Å². The minimum atomic E-state index is -0.0215. The van der Waals surface area contributed by atoms with Gasteiger partial charge in [-0.25, -0.2) is 0 Å². The first-order chi connectivity index (χ1) is 14.2. The molecule has 1 amide bonds. The van der Waals surface area contributed by atoms with E-state index in [0.717, 1.165) is 33.6 Å². The van der Waals surface area contributed by atoms with Crippen molar-refractivity contribution in [3.05, 3.63) is 106 Å². The van der Waals surface area contributed by atoms with E-state index in [0.29, 0.717) is 12.1 Å². The van der Waals surface area contributed by atoms with Gasteiger partial charge in [0.25, 0.3) is 5.91 Å². The summed E-state index contributed by atoms with van der Waals surface area (Å²) in [6, 6.07) is 26.2. The first-order valence-electron chi connectivity index (χ1n) is 9.52. The second kappa shape index (κ2) is 12.0. The predicted molar refractivity (Wildman–Crippen MR) is 128 cm³/mol. The molecular weight excluding hydrogens is 418 g/mol. The highest BCUT2D eigenvalue weighted by molar-refractivity contribution is 7.98. The molecule has 0 aromatic heterocycles. The molecule has 3 rings (SSSR count). The number of carbonyl (C=O) groups excluding carboxylic acids is 1. The molecule has 0 aliphatic heterocycles. The monoisotopic (exact) mass is 441 g/mol. The maximum Gasteiger partial charge on any atom is 0.251 e. The SMILES string of the molecule is O=C(NCCSCc1ccccc1Cl)c1ccc(CSCc2ccccc2)cc1. The van der Waals surface area contributed by atoms with Gasteiger partial charge in [0.1, 0.15) is 0 Å². The number of rotatable bonds is 10. The molecule has 150 valence electrons. The summed E-state index contributed by atoms with van der Waals surface area (Å²) in [6.45, 7) is 0.641. The van der Waals surface area contributed by atoms with Gasteiger partial charge in [-0.15, -0.1) is 0 Å². The van der Waals surface area contributed by atoms with E-state index in [9.17, 15) is 4.79 Å². The van der Waals surface area contributed by atoms with Crippen LogP contribution in [0.3, 0.4) is 0 Å². The normalized spacial score (nSPS) is 10.7. The van der Waals surface area contributed by atoms with Gasteiger partial charge >= 0.3 is 0 Å². The molecule has 0 bridgehead atoms. The number of hydrogen-bond acceptors (Lipinski definition) is 3. The van der Waals surface area contributed by atoms with E-state index in [1.54, 1.807) is 11.8 Å². The lowest BCUT2D eigenvalue weighted by molar-refractivity contribution is 0.0956. The summed E-state index contributed by atoms with van der Waals surface area (Å²) in [7, 11) is 0. The van der Waals surface area contributed by atoms with E-state index in [-0.39, 0.29) is 5.91 Å². The van der Waals surface area contributed by atoms with Crippen molar-refractivity contribution in [2.24, 2.45) is 0 Å². The van der Waals surface area contributed by atoms with Crippen molar-refractivity contribution >= 4 is 41.0 Å². The molecule has 0 spiro atoms. The minimum Gasteiger partial charge on any atom is -0.351 e. The molecule has 0 unspecified atom stereocenters. The third-order valence-electron chi connectivity index (χ3n) is 4.34. The standard InChI is InChI=1S/C24H24ClNOS2/c25-23-9-5-4-8-22(23)18-28-15-14-26-24(27)21-12-10-20(11-13-21)17-29-16-19-6-2-1-3-7-19/h1-13H,14-18H2,(H,26,27). The van der Waals surface area contributed by atoms with Gasteiger partial charge < -0.3 is 5.32 Å². The number of nitrogens with one attached hydrogen (secondary N) is 1. The minimum absolute atomic E-state index is 0.0215. The smallest absolute Gasteiger partial charge is 0.251 e. The predicted octanol–water partition coefficient (Wildman–Crippen LogP) is 6.44. The fourth-order valence-electron chi connectivity index (χ4n) is 2.75. The molecule has 0 atom stereocenters. The van der Waals surface area contributed by atoms with E-state index in [4.69, 9.17) is 11.6 Å². The summed E-state index contributed by atoms with van der Waals surface area (Å²) in [5.74, 6) is 3.62. The number of carbonyl (C=O) groups is 1. The fourth-order valence-corrected chi connectivity index (χ4v) is 4.85. The summed E-state index contributed by atoms with van der Waals surface area (Å²) < 4.78 is 0.